The van der Waals surface area contributed by atoms with Crippen LogP contribution in [0.15, 0.2) is 24.3 Å². The van der Waals surface area contributed by atoms with E-state index in [1.54, 1.807) is 6.07 Å². The minimum atomic E-state index is -1.17. The summed E-state index contributed by atoms with van der Waals surface area (Å²) in [5, 5.41) is 23.6. The van der Waals surface area contributed by atoms with E-state index in [4.69, 9.17) is 10.5 Å². The Kier molecular flexibility index (Phi) is 8.83. The van der Waals surface area contributed by atoms with Crippen molar-refractivity contribution in [2.75, 3.05) is 7.11 Å². The van der Waals surface area contributed by atoms with Gasteiger partial charge in [0.05, 0.1) is 24.6 Å². The number of nitro benzene ring substituents is 1. The first-order valence-corrected chi connectivity index (χ1v) is 8.73. The van der Waals surface area contributed by atoms with Crippen LogP contribution in [0.2, 0.25) is 0 Å². The molecular formula is C18H27N3O6. The number of amides is 1. The summed E-state index contributed by atoms with van der Waals surface area (Å²) in [5.41, 5.74) is 6.45. The van der Waals surface area contributed by atoms with E-state index in [1.165, 1.54) is 25.3 Å². The van der Waals surface area contributed by atoms with Gasteiger partial charge < -0.3 is 20.9 Å². The van der Waals surface area contributed by atoms with Gasteiger partial charge in [0.2, 0.25) is 5.91 Å². The van der Waals surface area contributed by atoms with E-state index in [-0.39, 0.29) is 24.4 Å². The van der Waals surface area contributed by atoms with E-state index in [9.17, 15) is 24.8 Å². The van der Waals surface area contributed by atoms with Gasteiger partial charge in [-0.05, 0) is 17.9 Å². The Morgan fingerprint density at radius 3 is 2.63 bits per heavy atom. The average molecular weight is 381 g/mol. The number of benzene rings is 1. The molecule has 2 unspecified atom stereocenters. The van der Waals surface area contributed by atoms with Crippen LogP contribution in [0.5, 0.6) is 0 Å². The first-order valence-electron chi connectivity index (χ1n) is 8.73. The molecule has 0 spiro atoms. The monoisotopic (exact) mass is 381 g/mol. The van der Waals surface area contributed by atoms with Crippen LogP contribution in [0.3, 0.4) is 0 Å². The molecule has 0 aliphatic carbocycles. The number of hydrogen-bond acceptors (Lipinski definition) is 7. The third-order valence-corrected chi connectivity index (χ3v) is 4.47. The Balaban J connectivity index is 2.66. The number of rotatable bonds is 10. The lowest BCUT2D eigenvalue weighted by Crippen LogP contribution is -2.48. The molecule has 1 aromatic rings. The number of esters is 1. The number of non-ortho nitro benzene ring substituents is 1. The molecule has 0 saturated heterocycles. The van der Waals surface area contributed by atoms with Crippen molar-refractivity contribution in [2.45, 2.75) is 51.3 Å². The average Bonchev–Trinajstić information content (AvgIpc) is 2.64. The van der Waals surface area contributed by atoms with Crippen molar-refractivity contribution in [1.29, 1.82) is 0 Å². The van der Waals surface area contributed by atoms with Gasteiger partial charge >= 0.3 is 5.97 Å². The SMILES string of the molecule is CCC(C)[C@H](NC(=O)CC(O)[C@@H](N)Cc1cccc([N+](=O)[O-])c1)C(=O)OC. The molecule has 150 valence electrons. The minimum Gasteiger partial charge on any atom is -0.467 e. The molecule has 4 N–H and O–H groups in total. The highest BCUT2D eigenvalue weighted by Gasteiger charge is 2.28. The van der Waals surface area contributed by atoms with Crippen LogP contribution < -0.4 is 11.1 Å². The third-order valence-electron chi connectivity index (χ3n) is 4.47. The van der Waals surface area contributed by atoms with Gasteiger partial charge in [-0.15, -0.1) is 0 Å². The first kappa shape index (κ1) is 22.5. The number of carbonyl (C=O) groups is 2. The van der Waals surface area contributed by atoms with E-state index < -0.39 is 35.0 Å². The summed E-state index contributed by atoms with van der Waals surface area (Å²) >= 11 is 0. The molecule has 9 nitrogen and oxygen atoms in total. The van der Waals surface area contributed by atoms with E-state index >= 15 is 0 Å². The van der Waals surface area contributed by atoms with Crippen molar-refractivity contribution in [3.63, 3.8) is 0 Å². The van der Waals surface area contributed by atoms with Gasteiger partial charge in [0.1, 0.15) is 6.04 Å². The van der Waals surface area contributed by atoms with Crippen LogP contribution >= 0.6 is 0 Å². The summed E-state index contributed by atoms with van der Waals surface area (Å²) in [6.45, 7) is 3.70. The van der Waals surface area contributed by atoms with Crippen LogP contribution in [-0.4, -0.2) is 47.2 Å². The summed E-state index contributed by atoms with van der Waals surface area (Å²) in [4.78, 5) is 34.3. The van der Waals surface area contributed by atoms with Crippen LogP contribution in [0, 0.1) is 16.0 Å². The summed E-state index contributed by atoms with van der Waals surface area (Å²) < 4.78 is 4.70. The molecule has 9 heteroatoms. The topological polar surface area (TPSA) is 145 Å². The fraction of sp³-hybridized carbons (Fsp3) is 0.556. The Morgan fingerprint density at radius 1 is 1.41 bits per heavy atom. The Hall–Kier alpha value is -2.52. The molecule has 0 bridgehead atoms. The van der Waals surface area contributed by atoms with Crippen molar-refractivity contribution in [3.8, 4) is 0 Å². The zero-order valence-corrected chi connectivity index (χ0v) is 15.8. The van der Waals surface area contributed by atoms with Gasteiger partial charge in [-0.2, -0.15) is 0 Å². The second-order valence-corrected chi connectivity index (χ2v) is 6.52. The standard InChI is InChI=1S/C18H27N3O6/c1-4-11(2)17(18(24)27-3)20-16(23)10-15(22)14(19)9-12-6-5-7-13(8-12)21(25)26/h5-8,11,14-15,17,22H,4,9-10,19H2,1-3H3,(H,20,23)/t11?,14-,15?,17-/m0/s1. The number of methoxy groups -OCH3 is 1. The van der Waals surface area contributed by atoms with Gasteiger partial charge in [-0.1, -0.05) is 32.4 Å². The number of ether oxygens (including phenoxy) is 1. The van der Waals surface area contributed by atoms with Gasteiger partial charge in [-0.3, -0.25) is 14.9 Å². The van der Waals surface area contributed by atoms with Crippen LogP contribution in [-0.2, 0) is 20.7 Å². The number of aliphatic hydroxyl groups excluding tert-OH is 1. The lowest BCUT2D eigenvalue weighted by atomic mass is 9.97. The van der Waals surface area contributed by atoms with E-state index in [2.05, 4.69) is 5.32 Å². The van der Waals surface area contributed by atoms with E-state index in [0.717, 1.165) is 0 Å². The van der Waals surface area contributed by atoms with E-state index in [0.29, 0.717) is 12.0 Å². The minimum absolute atomic E-state index is 0.0681. The Bertz CT molecular complexity index is 666. The molecule has 4 atom stereocenters. The molecule has 0 heterocycles. The summed E-state index contributed by atoms with van der Waals surface area (Å²) in [7, 11) is 1.24. The normalized spacial score (nSPS) is 15.3. The number of aliphatic hydroxyl groups is 1. The van der Waals surface area contributed by atoms with Gasteiger partial charge in [0.15, 0.2) is 0 Å². The number of nitrogens with one attached hydrogen (secondary N) is 1. The van der Waals surface area contributed by atoms with Crippen LogP contribution in [0.1, 0.15) is 32.3 Å². The Morgan fingerprint density at radius 2 is 2.07 bits per heavy atom. The zero-order valence-electron chi connectivity index (χ0n) is 15.8. The van der Waals surface area contributed by atoms with Crippen LogP contribution in [0.4, 0.5) is 5.69 Å². The maximum atomic E-state index is 12.2. The van der Waals surface area contributed by atoms with Gasteiger partial charge in [-0.25, -0.2) is 4.79 Å². The van der Waals surface area contributed by atoms with Crippen molar-refractivity contribution in [2.24, 2.45) is 11.7 Å². The molecule has 1 rings (SSSR count). The molecule has 1 aromatic carbocycles. The second-order valence-electron chi connectivity index (χ2n) is 6.52. The zero-order chi connectivity index (χ0) is 20.6. The molecule has 27 heavy (non-hydrogen) atoms. The number of nitrogens with two attached hydrogens (primary N) is 1. The molecule has 0 aliphatic rings. The fourth-order valence-corrected chi connectivity index (χ4v) is 2.58. The predicted octanol–water partition coefficient (Wildman–Crippen LogP) is 0.920. The molecule has 0 aromatic heterocycles. The van der Waals surface area contributed by atoms with Gasteiger partial charge in [0, 0.05) is 18.2 Å². The first-order chi connectivity index (χ1) is 12.7. The number of hydrogen-bond donors (Lipinski definition) is 3. The highest BCUT2D eigenvalue weighted by Crippen LogP contribution is 2.16. The molecule has 0 saturated carbocycles. The number of nitro groups is 1. The lowest BCUT2D eigenvalue weighted by Gasteiger charge is -2.24. The van der Waals surface area contributed by atoms with Crippen molar-refractivity contribution in [3.05, 3.63) is 39.9 Å². The molecular weight excluding hydrogens is 354 g/mol. The van der Waals surface area contributed by atoms with Crippen molar-refractivity contribution >= 4 is 17.6 Å². The summed E-state index contributed by atoms with van der Waals surface area (Å²) in [6.07, 6.45) is -0.629. The summed E-state index contributed by atoms with van der Waals surface area (Å²) in [6, 6.07) is 4.34. The highest BCUT2D eigenvalue weighted by atomic mass is 16.6. The van der Waals surface area contributed by atoms with E-state index in [1.807, 2.05) is 13.8 Å². The Labute approximate surface area is 158 Å². The molecule has 1 amide bonds. The highest BCUT2D eigenvalue weighted by molar-refractivity contribution is 5.84. The van der Waals surface area contributed by atoms with Crippen LogP contribution in [0.25, 0.3) is 0 Å². The fourth-order valence-electron chi connectivity index (χ4n) is 2.58. The predicted molar refractivity (Wildman–Crippen MR) is 98.8 cm³/mol. The second kappa shape index (κ2) is 10.6. The molecule has 0 radical (unpaired) electrons. The third kappa shape index (κ3) is 6.95. The summed E-state index contributed by atoms with van der Waals surface area (Å²) in [5.74, 6) is -1.20. The molecule has 0 fully saturated rings. The van der Waals surface area contributed by atoms with Gasteiger partial charge in [0.25, 0.3) is 5.69 Å². The maximum absolute atomic E-state index is 12.2. The number of nitrogens with zero attached hydrogens (tertiary/aromatic N) is 1. The van der Waals surface area contributed by atoms with Crippen molar-refractivity contribution in [1.82, 2.24) is 5.32 Å². The smallest absolute Gasteiger partial charge is 0.328 e. The maximum Gasteiger partial charge on any atom is 0.328 e. The number of carbonyl (C=O) groups excluding carboxylic acids is 2. The lowest BCUT2D eigenvalue weighted by molar-refractivity contribution is -0.384. The largest absolute Gasteiger partial charge is 0.467 e. The quantitative estimate of drug-likeness (QED) is 0.310. The van der Waals surface area contributed by atoms with Crippen molar-refractivity contribution < 1.29 is 24.4 Å². The molecule has 0 aliphatic heterocycles.